The Balaban J connectivity index is 0.000000730. The first kappa shape index (κ1) is 20.6. The lowest BCUT2D eigenvalue weighted by molar-refractivity contribution is 0.0737. The Kier molecular flexibility index (Phi) is 9.23. The second-order valence-electron chi connectivity index (χ2n) is 5.12. The fraction of sp³-hybridized carbons (Fsp3) is 0.364. The van der Waals surface area contributed by atoms with Gasteiger partial charge in [0.2, 0.25) is 5.90 Å². The highest BCUT2D eigenvalue weighted by Gasteiger charge is 2.27. The fourth-order valence-corrected chi connectivity index (χ4v) is 2.36. The first-order valence-corrected chi connectivity index (χ1v) is 9.27. The number of hydrogen-bond acceptors (Lipinski definition) is 3. The molecule has 0 radical (unpaired) electrons. The zero-order chi connectivity index (χ0) is 18.7. The van der Waals surface area contributed by atoms with E-state index >= 15 is 0 Å². The van der Waals surface area contributed by atoms with Crippen LogP contribution >= 0.6 is 0 Å². The fourth-order valence-electron chi connectivity index (χ4n) is 2.36. The number of aryl methyl sites for hydroxylation is 1. The van der Waals surface area contributed by atoms with Crippen LogP contribution in [-0.2, 0) is 11.2 Å². The van der Waals surface area contributed by atoms with Crippen LogP contribution in [0.15, 0.2) is 53.5 Å². The molecule has 1 aliphatic heterocycles. The van der Waals surface area contributed by atoms with Crippen molar-refractivity contribution in [1.82, 2.24) is 0 Å². The largest absolute Gasteiger partial charge is 0.403 e. The minimum atomic E-state index is -0.330. The van der Waals surface area contributed by atoms with Crippen molar-refractivity contribution in [2.24, 2.45) is 4.99 Å². The number of fused-ring (bicyclic) bond motifs is 1. The van der Waals surface area contributed by atoms with Crippen molar-refractivity contribution in [2.75, 3.05) is 0 Å². The number of ether oxygens (including phenoxy) is 1. The van der Waals surface area contributed by atoms with Crippen LogP contribution in [0.25, 0.3) is 0 Å². The van der Waals surface area contributed by atoms with Crippen LogP contribution in [0.1, 0.15) is 68.9 Å². The Bertz CT molecular complexity index is 687. The van der Waals surface area contributed by atoms with E-state index in [9.17, 15) is 4.79 Å². The van der Waals surface area contributed by atoms with E-state index in [1.54, 1.807) is 6.07 Å². The third kappa shape index (κ3) is 5.56. The molecule has 0 aromatic heterocycles. The van der Waals surface area contributed by atoms with Crippen molar-refractivity contribution in [3.8, 4) is 0 Å². The highest BCUT2D eigenvalue weighted by atomic mass is 16.5. The molecule has 3 heteroatoms. The number of rotatable bonds is 4. The average Bonchev–Trinajstić information content (AvgIpc) is 3.00. The summed E-state index contributed by atoms with van der Waals surface area (Å²) in [7, 11) is 0. The highest BCUT2D eigenvalue weighted by molar-refractivity contribution is 6.17. The number of esters is 1. The molecule has 1 aliphatic rings. The van der Waals surface area contributed by atoms with Crippen LogP contribution in [-0.4, -0.2) is 11.9 Å². The van der Waals surface area contributed by atoms with Gasteiger partial charge >= 0.3 is 5.97 Å². The summed E-state index contributed by atoms with van der Waals surface area (Å²) in [5.74, 6) is 0.0563. The van der Waals surface area contributed by atoms with E-state index in [-0.39, 0.29) is 5.97 Å². The monoisotopic (exact) mass is 339 g/mol. The molecule has 134 valence electrons. The SMILES string of the molecule is CC.CC.CCCCc1ccc(N=C2OC(=O)c3ccccc32)cc1. The molecule has 3 rings (SSSR count). The minimum absolute atomic E-state index is 0.330. The molecule has 0 saturated heterocycles. The summed E-state index contributed by atoms with van der Waals surface area (Å²) >= 11 is 0. The number of hydrogen-bond donors (Lipinski definition) is 0. The normalized spacial score (nSPS) is 13.2. The zero-order valence-corrected chi connectivity index (χ0v) is 16.0. The Labute approximate surface area is 151 Å². The first-order chi connectivity index (χ1) is 12.3. The van der Waals surface area contributed by atoms with Crippen LogP contribution in [0.4, 0.5) is 5.69 Å². The van der Waals surface area contributed by atoms with E-state index in [1.807, 2.05) is 58.0 Å². The van der Waals surface area contributed by atoms with Crippen LogP contribution in [0, 0.1) is 0 Å². The third-order valence-electron chi connectivity index (χ3n) is 3.55. The van der Waals surface area contributed by atoms with Gasteiger partial charge in [0.05, 0.1) is 16.8 Å². The summed E-state index contributed by atoms with van der Waals surface area (Å²) < 4.78 is 5.24. The lowest BCUT2D eigenvalue weighted by Gasteiger charge is -2.01. The van der Waals surface area contributed by atoms with Crippen molar-refractivity contribution >= 4 is 17.6 Å². The molecule has 3 nitrogen and oxygen atoms in total. The van der Waals surface area contributed by atoms with Crippen LogP contribution in [0.5, 0.6) is 0 Å². The molecule has 0 N–H and O–H groups in total. The van der Waals surface area contributed by atoms with Gasteiger partial charge in [0.15, 0.2) is 0 Å². The number of cyclic esters (lactones) is 1. The third-order valence-corrected chi connectivity index (χ3v) is 3.55. The van der Waals surface area contributed by atoms with Crippen molar-refractivity contribution in [1.29, 1.82) is 0 Å². The van der Waals surface area contributed by atoms with E-state index in [0.29, 0.717) is 11.5 Å². The van der Waals surface area contributed by atoms with Gasteiger partial charge in [-0.15, -0.1) is 0 Å². The van der Waals surface area contributed by atoms with Crippen molar-refractivity contribution < 1.29 is 9.53 Å². The molecular formula is C22H29NO2. The molecule has 0 aliphatic carbocycles. The number of benzene rings is 2. The lowest BCUT2D eigenvalue weighted by atomic mass is 10.1. The van der Waals surface area contributed by atoms with E-state index in [0.717, 1.165) is 17.7 Å². The van der Waals surface area contributed by atoms with Gasteiger partial charge in [-0.3, -0.25) is 0 Å². The maximum absolute atomic E-state index is 11.7. The topological polar surface area (TPSA) is 38.7 Å². The number of carbonyl (C=O) groups is 1. The first-order valence-electron chi connectivity index (χ1n) is 9.27. The number of carbonyl (C=O) groups excluding carboxylic acids is 1. The van der Waals surface area contributed by atoms with Gasteiger partial charge in [-0.1, -0.05) is 65.3 Å². The Morgan fingerprint density at radius 2 is 1.48 bits per heavy atom. The number of unbranched alkanes of at least 4 members (excludes halogenated alkanes) is 1. The molecule has 2 aromatic rings. The molecule has 0 bridgehead atoms. The summed E-state index contributed by atoms with van der Waals surface area (Å²) in [4.78, 5) is 16.2. The Morgan fingerprint density at radius 1 is 0.880 bits per heavy atom. The number of nitrogens with zero attached hydrogens (tertiary/aromatic N) is 1. The highest BCUT2D eigenvalue weighted by Crippen LogP contribution is 2.23. The smallest absolute Gasteiger partial charge is 0.345 e. The van der Waals surface area contributed by atoms with Crippen LogP contribution in [0.2, 0.25) is 0 Å². The molecular weight excluding hydrogens is 310 g/mol. The molecule has 0 atom stereocenters. The minimum Gasteiger partial charge on any atom is -0.403 e. The summed E-state index contributed by atoms with van der Waals surface area (Å²) in [6.07, 6.45) is 3.47. The maximum atomic E-state index is 11.7. The van der Waals surface area contributed by atoms with E-state index in [1.165, 1.54) is 18.4 Å². The van der Waals surface area contributed by atoms with Gasteiger partial charge in [-0.05, 0) is 42.7 Å². The quantitative estimate of drug-likeness (QED) is 0.610. The predicted octanol–water partition coefficient (Wildman–Crippen LogP) is 6.33. The molecule has 1 heterocycles. The maximum Gasteiger partial charge on any atom is 0.345 e. The standard InChI is InChI=1S/C18H17NO2.2C2H6/c1-2-3-6-13-9-11-14(12-10-13)19-17-15-7-4-5-8-16(15)18(20)21-17;2*1-2/h4-5,7-12H,2-3,6H2,1H3;2*1-2H3. The summed E-state index contributed by atoms with van der Waals surface area (Å²) in [5.41, 5.74) is 3.45. The Hall–Kier alpha value is -2.42. The van der Waals surface area contributed by atoms with Gasteiger partial charge in [0, 0.05) is 0 Å². The molecule has 0 amide bonds. The predicted molar refractivity (Wildman–Crippen MR) is 106 cm³/mol. The van der Waals surface area contributed by atoms with Gasteiger partial charge in [-0.2, -0.15) is 0 Å². The molecule has 0 saturated carbocycles. The van der Waals surface area contributed by atoms with Gasteiger partial charge < -0.3 is 4.74 Å². The van der Waals surface area contributed by atoms with Crippen molar-refractivity contribution in [2.45, 2.75) is 53.9 Å². The van der Waals surface area contributed by atoms with Gasteiger partial charge in [-0.25, -0.2) is 9.79 Å². The molecule has 0 spiro atoms. The van der Waals surface area contributed by atoms with Crippen molar-refractivity contribution in [3.63, 3.8) is 0 Å². The summed E-state index contributed by atoms with van der Waals surface area (Å²) in [6.45, 7) is 10.2. The van der Waals surface area contributed by atoms with Crippen LogP contribution < -0.4 is 0 Å². The number of aliphatic imine (C=N–C) groups is 1. The summed E-state index contributed by atoms with van der Waals surface area (Å²) in [6, 6.07) is 15.4. The zero-order valence-electron chi connectivity index (χ0n) is 16.0. The van der Waals surface area contributed by atoms with Crippen molar-refractivity contribution in [3.05, 3.63) is 65.2 Å². The Morgan fingerprint density at radius 3 is 2.08 bits per heavy atom. The van der Waals surface area contributed by atoms with Crippen LogP contribution in [0.3, 0.4) is 0 Å². The molecule has 25 heavy (non-hydrogen) atoms. The molecule has 0 unspecified atom stereocenters. The second kappa shape index (κ2) is 11.2. The second-order valence-corrected chi connectivity index (χ2v) is 5.12. The van der Waals surface area contributed by atoms with Gasteiger partial charge in [0.25, 0.3) is 0 Å². The lowest BCUT2D eigenvalue weighted by Crippen LogP contribution is -1.99. The van der Waals surface area contributed by atoms with E-state index in [2.05, 4.69) is 24.0 Å². The molecule has 0 fully saturated rings. The average molecular weight is 339 g/mol. The van der Waals surface area contributed by atoms with Gasteiger partial charge in [0.1, 0.15) is 0 Å². The molecule has 2 aromatic carbocycles. The van der Waals surface area contributed by atoms with E-state index in [4.69, 9.17) is 4.74 Å². The summed E-state index contributed by atoms with van der Waals surface area (Å²) in [5, 5.41) is 0. The van der Waals surface area contributed by atoms with E-state index < -0.39 is 0 Å².